The van der Waals surface area contributed by atoms with Gasteiger partial charge in [-0.2, -0.15) is 0 Å². The SMILES string of the molecule is C=C(C)C(=O)Oc1cc[c]([Na])cc1. The predicted octanol–water partition coefficient (Wildman–Crippen LogP) is 0.962. The topological polar surface area (TPSA) is 26.3 Å². The minimum atomic E-state index is -0.374. The minimum absolute atomic E-state index is 0.374. The van der Waals surface area contributed by atoms with E-state index < -0.39 is 0 Å². The van der Waals surface area contributed by atoms with E-state index in [-0.39, 0.29) is 5.97 Å². The van der Waals surface area contributed by atoms with Crippen molar-refractivity contribution in [3.63, 3.8) is 0 Å². The van der Waals surface area contributed by atoms with E-state index in [9.17, 15) is 4.79 Å². The number of carbonyl (C=O) groups is 1. The molecule has 0 aliphatic rings. The first kappa shape index (κ1) is 10.5. The molecule has 0 radical (unpaired) electrons. The molecule has 1 rings (SSSR count). The van der Waals surface area contributed by atoms with Crippen molar-refractivity contribution in [1.82, 2.24) is 0 Å². The quantitative estimate of drug-likeness (QED) is 0.296. The molecule has 0 aliphatic carbocycles. The van der Waals surface area contributed by atoms with Crippen molar-refractivity contribution in [1.29, 1.82) is 0 Å². The molecule has 0 saturated heterocycles. The van der Waals surface area contributed by atoms with Crippen LogP contribution in [0.2, 0.25) is 0 Å². The second-order valence-corrected chi connectivity index (χ2v) is 4.14. The van der Waals surface area contributed by atoms with Crippen LogP contribution in [-0.2, 0) is 4.79 Å². The molecule has 0 amide bonds. The van der Waals surface area contributed by atoms with Crippen molar-refractivity contribution < 1.29 is 9.53 Å². The Kier molecular flexibility index (Phi) is 3.72. The van der Waals surface area contributed by atoms with Crippen molar-refractivity contribution in [3.05, 3.63) is 36.4 Å². The van der Waals surface area contributed by atoms with Crippen LogP contribution < -0.4 is 7.55 Å². The Bertz CT molecular complexity index is 327. The van der Waals surface area contributed by atoms with Gasteiger partial charge in [-0.3, -0.25) is 0 Å². The van der Waals surface area contributed by atoms with E-state index in [0.717, 1.165) is 27.9 Å². The molecule has 3 heteroatoms. The van der Waals surface area contributed by atoms with Crippen molar-refractivity contribution in [2.45, 2.75) is 6.92 Å². The number of rotatable bonds is 2. The fourth-order valence-corrected chi connectivity index (χ4v) is 1.13. The van der Waals surface area contributed by atoms with Crippen LogP contribution in [0.25, 0.3) is 0 Å². The average molecular weight is 184 g/mol. The van der Waals surface area contributed by atoms with Crippen molar-refractivity contribution >= 4 is 36.7 Å². The fraction of sp³-hybridized carbons (Fsp3) is 0.100. The van der Waals surface area contributed by atoms with Gasteiger partial charge < -0.3 is 0 Å². The summed E-state index contributed by atoms with van der Waals surface area (Å²) in [5.74, 6) is 0.202. The van der Waals surface area contributed by atoms with Crippen LogP contribution >= 0.6 is 0 Å². The average Bonchev–Trinajstić information content (AvgIpc) is 2.08. The van der Waals surface area contributed by atoms with Crippen molar-refractivity contribution in [3.8, 4) is 5.75 Å². The third-order valence-electron chi connectivity index (χ3n) is 1.58. The summed E-state index contributed by atoms with van der Waals surface area (Å²) in [6.07, 6.45) is 0. The molecule has 1 aromatic rings. The number of ether oxygens (including phenoxy) is 1. The second kappa shape index (κ2) is 4.61. The monoisotopic (exact) mass is 184 g/mol. The zero-order valence-corrected chi connectivity index (χ0v) is 9.83. The number of carbonyl (C=O) groups excluding carboxylic acids is 1. The van der Waals surface area contributed by atoms with Gasteiger partial charge in [-0.1, -0.05) is 0 Å². The van der Waals surface area contributed by atoms with Crippen LogP contribution in [0.1, 0.15) is 6.92 Å². The second-order valence-electron chi connectivity index (χ2n) is 2.98. The van der Waals surface area contributed by atoms with Crippen molar-refractivity contribution in [2.75, 3.05) is 0 Å². The van der Waals surface area contributed by atoms with Crippen LogP contribution in [0.3, 0.4) is 0 Å². The standard InChI is InChI=1S/C10H9O2.Na/c1-8(2)10(11)12-9-6-4-3-5-7-9;/h4-7H,1H2,2H3;. The predicted molar refractivity (Wildman–Crippen MR) is 52.3 cm³/mol. The van der Waals surface area contributed by atoms with Gasteiger partial charge in [0.05, 0.1) is 0 Å². The van der Waals surface area contributed by atoms with Gasteiger partial charge in [0.15, 0.2) is 0 Å². The molecule has 13 heavy (non-hydrogen) atoms. The molecule has 0 heterocycles. The Morgan fingerprint density at radius 2 is 1.92 bits per heavy atom. The van der Waals surface area contributed by atoms with Gasteiger partial charge in [0.1, 0.15) is 0 Å². The summed E-state index contributed by atoms with van der Waals surface area (Å²) in [6, 6.07) is 7.49. The zero-order valence-electron chi connectivity index (χ0n) is 7.83. The molecule has 0 bridgehead atoms. The van der Waals surface area contributed by atoms with Gasteiger partial charge in [0, 0.05) is 0 Å². The molecular formula is C10H9NaO2. The van der Waals surface area contributed by atoms with Gasteiger partial charge in [-0.05, 0) is 0 Å². The number of hydrogen-bond donors (Lipinski definition) is 0. The van der Waals surface area contributed by atoms with E-state index in [4.69, 9.17) is 4.74 Å². The molecule has 1 aromatic carbocycles. The molecule has 0 aromatic heterocycles. The molecule has 0 atom stereocenters. The first-order valence-corrected chi connectivity index (χ1v) is 5.04. The first-order chi connectivity index (χ1) is 6.09. The molecule has 0 aliphatic heterocycles. The number of esters is 1. The van der Waals surface area contributed by atoms with Gasteiger partial charge in [-0.15, -0.1) is 0 Å². The molecule has 0 spiro atoms. The summed E-state index contributed by atoms with van der Waals surface area (Å²) in [6.45, 7) is 5.13. The molecule has 0 unspecified atom stereocenters. The van der Waals surface area contributed by atoms with Crippen LogP contribution in [0, 0.1) is 0 Å². The van der Waals surface area contributed by atoms with E-state index in [1.54, 1.807) is 19.1 Å². The number of hydrogen-bond acceptors (Lipinski definition) is 2. The zero-order chi connectivity index (χ0) is 9.84. The van der Waals surface area contributed by atoms with Gasteiger partial charge in [0.25, 0.3) is 0 Å². The van der Waals surface area contributed by atoms with Crippen LogP contribution in [-0.4, -0.2) is 33.9 Å². The van der Waals surface area contributed by atoms with E-state index in [2.05, 4.69) is 6.58 Å². The molecule has 0 N–H and O–H groups in total. The Morgan fingerprint density at radius 3 is 2.38 bits per heavy atom. The summed E-state index contributed by atoms with van der Waals surface area (Å²) in [5, 5.41) is 0. The normalized spacial score (nSPS) is 9.46. The Labute approximate surface area is 95.0 Å². The van der Waals surface area contributed by atoms with E-state index in [1.165, 1.54) is 2.81 Å². The van der Waals surface area contributed by atoms with Gasteiger partial charge >= 0.3 is 95.3 Å². The molecule has 2 nitrogen and oxygen atoms in total. The third kappa shape index (κ3) is 3.35. The summed E-state index contributed by atoms with van der Waals surface area (Å²) < 4.78 is 6.28. The summed E-state index contributed by atoms with van der Waals surface area (Å²) in [7, 11) is 0. The molecule has 0 fully saturated rings. The maximum absolute atomic E-state index is 11.1. The van der Waals surface area contributed by atoms with E-state index in [1.807, 2.05) is 12.1 Å². The summed E-state index contributed by atoms with van der Waals surface area (Å²) in [5.41, 5.74) is 0.412. The molecule has 62 valence electrons. The van der Waals surface area contributed by atoms with E-state index in [0.29, 0.717) is 11.3 Å². The van der Waals surface area contributed by atoms with Crippen LogP contribution in [0.5, 0.6) is 5.75 Å². The summed E-state index contributed by atoms with van der Waals surface area (Å²) in [4.78, 5) is 11.1. The molecular weight excluding hydrogens is 175 g/mol. The first-order valence-electron chi connectivity index (χ1n) is 4.04. The number of benzene rings is 1. The van der Waals surface area contributed by atoms with Crippen LogP contribution in [0.15, 0.2) is 36.4 Å². The maximum atomic E-state index is 11.1. The Balaban J connectivity index is 2.70. The Hall–Kier alpha value is -0.570. The van der Waals surface area contributed by atoms with E-state index >= 15 is 0 Å². The fourth-order valence-electron chi connectivity index (χ4n) is 0.800. The summed E-state index contributed by atoms with van der Waals surface area (Å²) >= 11 is 1.01. The van der Waals surface area contributed by atoms with Gasteiger partial charge in [0.2, 0.25) is 0 Å². The van der Waals surface area contributed by atoms with Gasteiger partial charge in [-0.25, -0.2) is 0 Å². The van der Waals surface area contributed by atoms with Crippen molar-refractivity contribution in [2.24, 2.45) is 0 Å². The van der Waals surface area contributed by atoms with Crippen LogP contribution in [0.4, 0.5) is 0 Å². The molecule has 0 saturated carbocycles. The third-order valence-corrected chi connectivity index (χ3v) is 2.25. The Morgan fingerprint density at radius 1 is 1.38 bits per heavy atom.